The first kappa shape index (κ1) is 14.8. The third-order valence-electron chi connectivity index (χ3n) is 3.51. The molecule has 0 aliphatic rings. The molecule has 0 spiro atoms. The predicted octanol–water partition coefficient (Wildman–Crippen LogP) is 4.67. The van der Waals surface area contributed by atoms with Crippen molar-refractivity contribution in [3.63, 3.8) is 0 Å². The molecular weight excluding hydrogens is 225 g/mol. The summed E-state index contributed by atoms with van der Waals surface area (Å²) < 4.78 is 0. The van der Waals surface area contributed by atoms with Gasteiger partial charge in [-0.3, -0.25) is 0 Å². The summed E-state index contributed by atoms with van der Waals surface area (Å²) in [5.41, 5.74) is 0. The van der Waals surface area contributed by atoms with Crippen molar-refractivity contribution >= 4 is 21.2 Å². The normalized spacial score (nSPS) is 17.1. The molecule has 0 aliphatic heterocycles. The Labute approximate surface area is 92.5 Å². The molecule has 0 aromatic heterocycles. The van der Waals surface area contributed by atoms with Crippen molar-refractivity contribution in [2.75, 3.05) is 40.0 Å². The van der Waals surface area contributed by atoms with Crippen LogP contribution in [0.4, 0.5) is 0 Å². The molecule has 86 valence electrons. The van der Waals surface area contributed by atoms with Crippen molar-refractivity contribution < 1.29 is 0 Å². The Morgan fingerprint density at radius 3 is 1.79 bits per heavy atom. The summed E-state index contributed by atoms with van der Waals surface area (Å²) in [4.78, 5) is 0. The van der Waals surface area contributed by atoms with Crippen LogP contribution in [-0.2, 0) is 0 Å². The molecule has 0 aromatic rings. The van der Waals surface area contributed by atoms with Crippen LogP contribution in [0.5, 0.6) is 0 Å². The average Bonchev–Trinajstić information content (AvgIpc) is 2.04. The molecule has 0 fully saturated rings. The Balaban J connectivity index is 4.76. The molecule has 0 aliphatic carbocycles. The first-order valence-electron chi connectivity index (χ1n) is 5.23. The summed E-state index contributed by atoms with van der Waals surface area (Å²) in [5, 5.41) is 0. The Morgan fingerprint density at radius 2 is 1.43 bits per heavy atom. The summed E-state index contributed by atoms with van der Waals surface area (Å²) in [7, 11) is 0.273. The summed E-state index contributed by atoms with van der Waals surface area (Å²) >= 11 is 0. The number of hydrogen-bond acceptors (Lipinski definition) is 0. The van der Waals surface area contributed by atoms with Gasteiger partial charge in [0.2, 0.25) is 0 Å². The van der Waals surface area contributed by atoms with Crippen molar-refractivity contribution in [3.05, 3.63) is 24.0 Å². The second-order valence-electron chi connectivity index (χ2n) is 5.06. The molecule has 0 unspecified atom stereocenters. The number of allylic oxidation sites excluding steroid dienone is 3. The van der Waals surface area contributed by atoms with Crippen LogP contribution in [0.25, 0.3) is 0 Å². The SMILES string of the molecule is C/C=C\C=C[PH](C)(C)[PH](C)(C)P(C)C. The van der Waals surface area contributed by atoms with Gasteiger partial charge in [-0.05, 0) is 0 Å². The first-order chi connectivity index (χ1) is 6.25. The van der Waals surface area contributed by atoms with Crippen molar-refractivity contribution in [3.8, 4) is 0 Å². The quantitative estimate of drug-likeness (QED) is 0.504. The van der Waals surface area contributed by atoms with Crippen LogP contribution < -0.4 is 0 Å². The zero-order chi connectivity index (χ0) is 11.4. The van der Waals surface area contributed by atoms with E-state index in [2.05, 4.69) is 71.0 Å². The summed E-state index contributed by atoms with van der Waals surface area (Å²) in [5.74, 6) is 2.53. The molecule has 0 bridgehead atoms. The molecule has 0 amide bonds. The van der Waals surface area contributed by atoms with E-state index in [-0.39, 0.29) is 7.61 Å². The maximum absolute atomic E-state index is 2.57. The van der Waals surface area contributed by atoms with Crippen LogP contribution in [0, 0.1) is 0 Å². The van der Waals surface area contributed by atoms with Crippen molar-refractivity contribution in [2.24, 2.45) is 0 Å². The van der Waals surface area contributed by atoms with Gasteiger partial charge in [-0.2, -0.15) is 0 Å². The Kier molecular flexibility index (Phi) is 6.06. The molecule has 0 atom stereocenters. The van der Waals surface area contributed by atoms with E-state index in [0.717, 1.165) is 0 Å². The minimum atomic E-state index is -1.10. The van der Waals surface area contributed by atoms with Crippen LogP contribution in [-0.4, -0.2) is 40.0 Å². The van der Waals surface area contributed by atoms with E-state index >= 15 is 0 Å². The monoisotopic (exact) mass is 252 g/mol. The molecule has 3 heteroatoms. The second kappa shape index (κ2) is 5.75. The van der Waals surface area contributed by atoms with E-state index in [4.69, 9.17) is 0 Å². The standard InChI is InChI=1S/C11H27P3/c1-8-9-10-11-13(4,5)14(6,7)12(2)3/h8-11,13-14H,1-7H3/b9-8-,11-10?. The van der Waals surface area contributed by atoms with Gasteiger partial charge < -0.3 is 0 Å². The zero-order valence-corrected chi connectivity index (χ0v) is 13.7. The molecule has 0 N–H and O–H groups in total. The topological polar surface area (TPSA) is 0 Å². The molecule has 0 aromatic carbocycles. The Bertz CT molecular complexity index is 225. The number of hydrogen-bond donors (Lipinski definition) is 0. The molecule has 0 nitrogen and oxygen atoms in total. The molecular formula is C11H27P3. The van der Waals surface area contributed by atoms with Crippen LogP contribution in [0.15, 0.2) is 24.0 Å². The number of rotatable bonds is 4. The molecule has 0 radical (unpaired) electrons. The zero-order valence-electron chi connectivity index (χ0n) is 10.8. The van der Waals surface area contributed by atoms with Gasteiger partial charge in [0.15, 0.2) is 0 Å². The van der Waals surface area contributed by atoms with Gasteiger partial charge in [-0.25, -0.2) is 0 Å². The Morgan fingerprint density at radius 1 is 0.929 bits per heavy atom. The van der Waals surface area contributed by atoms with Gasteiger partial charge >= 0.3 is 92.2 Å². The van der Waals surface area contributed by atoms with E-state index in [9.17, 15) is 0 Å². The van der Waals surface area contributed by atoms with Crippen LogP contribution in [0.3, 0.4) is 0 Å². The van der Waals surface area contributed by atoms with Gasteiger partial charge in [0.05, 0.1) is 0 Å². The predicted molar refractivity (Wildman–Crippen MR) is 83.0 cm³/mol. The van der Waals surface area contributed by atoms with E-state index < -0.39 is 13.6 Å². The molecule has 0 rings (SSSR count). The van der Waals surface area contributed by atoms with Gasteiger partial charge in [-0.1, -0.05) is 0 Å². The second-order valence-corrected chi connectivity index (χ2v) is 28.7. The molecule has 0 saturated carbocycles. The van der Waals surface area contributed by atoms with E-state index in [0.29, 0.717) is 0 Å². The van der Waals surface area contributed by atoms with E-state index in [1.165, 1.54) is 0 Å². The van der Waals surface area contributed by atoms with Crippen molar-refractivity contribution in [1.29, 1.82) is 0 Å². The fraction of sp³-hybridized carbons (Fsp3) is 0.636. The van der Waals surface area contributed by atoms with E-state index in [1.54, 1.807) is 0 Å². The average molecular weight is 252 g/mol. The molecule has 0 heterocycles. The van der Waals surface area contributed by atoms with Gasteiger partial charge in [0, 0.05) is 0 Å². The van der Waals surface area contributed by atoms with Crippen molar-refractivity contribution in [2.45, 2.75) is 6.92 Å². The maximum atomic E-state index is 2.57. The summed E-state index contributed by atoms with van der Waals surface area (Å²) in [6.45, 7) is 15.1. The first-order valence-corrected chi connectivity index (χ1v) is 15.4. The van der Waals surface area contributed by atoms with Crippen molar-refractivity contribution in [1.82, 2.24) is 0 Å². The fourth-order valence-corrected chi connectivity index (χ4v) is 19.4. The fourth-order valence-electron chi connectivity index (χ4n) is 1.19. The van der Waals surface area contributed by atoms with Gasteiger partial charge in [0.25, 0.3) is 0 Å². The summed E-state index contributed by atoms with van der Waals surface area (Å²) in [6, 6.07) is 0. The van der Waals surface area contributed by atoms with E-state index in [1.807, 2.05) is 0 Å². The third kappa shape index (κ3) is 3.73. The van der Waals surface area contributed by atoms with Crippen LogP contribution >= 0.6 is 21.2 Å². The molecule has 0 saturated heterocycles. The summed E-state index contributed by atoms with van der Waals surface area (Å²) in [6.07, 6.45) is 6.53. The molecule has 14 heavy (non-hydrogen) atoms. The minimum absolute atomic E-state index is 0.273. The third-order valence-corrected chi connectivity index (χ3v) is 35.8. The van der Waals surface area contributed by atoms with Gasteiger partial charge in [-0.15, -0.1) is 0 Å². The Hall–Kier alpha value is 0.770. The van der Waals surface area contributed by atoms with Crippen LogP contribution in [0.2, 0.25) is 0 Å². The van der Waals surface area contributed by atoms with Gasteiger partial charge in [0.1, 0.15) is 0 Å². The van der Waals surface area contributed by atoms with Crippen LogP contribution in [0.1, 0.15) is 6.92 Å².